The van der Waals surface area contributed by atoms with E-state index in [4.69, 9.17) is 0 Å². The molecule has 4 rings (SSSR count). The second-order valence-corrected chi connectivity index (χ2v) is 10.4. The van der Waals surface area contributed by atoms with Crippen molar-refractivity contribution in [2.75, 3.05) is 0 Å². The lowest BCUT2D eigenvalue weighted by Crippen LogP contribution is -2.74. The van der Waals surface area contributed by atoms with Gasteiger partial charge in [0.25, 0.3) is 0 Å². The van der Waals surface area contributed by atoms with E-state index in [1.807, 2.05) is 66.7 Å². The Bertz CT molecular complexity index is 998. The molecule has 0 saturated carbocycles. The highest BCUT2D eigenvalue weighted by atomic mass is 28.3. The second kappa shape index (κ2) is 7.25. The first-order valence-electron chi connectivity index (χ1n) is 9.06. The Morgan fingerprint density at radius 1 is 0.393 bits per heavy atom. The number of rotatable bonds is 4. The van der Waals surface area contributed by atoms with E-state index in [-0.39, 0.29) is 17.2 Å². The Hall–Kier alpha value is -3.50. The van der Waals surface area contributed by atoms with Crippen LogP contribution in [0.4, 0.5) is 0 Å². The molecule has 0 amide bonds. The quantitative estimate of drug-likeness (QED) is 0.373. The fourth-order valence-electron chi connectivity index (χ4n) is 3.96. The predicted molar refractivity (Wildman–Crippen MR) is 115 cm³/mol. The molecule has 4 aromatic carbocycles. The van der Waals surface area contributed by atoms with Crippen molar-refractivity contribution < 1.29 is 15.3 Å². The number of phenolic OH excluding ortho intramolecular Hbond substituents is 3. The summed E-state index contributed by atoms with van der Waals surface area (Å²) in [5.74, 6) is 0.429. The van der Waals surface area contributed by atoms with Crippen molar-refractivity contribution in [3.8, 4) is 17.2 Å². The standard InChI is InChI=1S/C24H20O3Si/c25-19-12-4-7-15-22(19)28(18-10-2-1-3-11-18,23-16-8-5-13-20(23)26)24-17-9-6-14-21(24)27/h1-17,25-27H. The third-order valence-electron chi connectivity index (χ3n) is 5.13. The van der Waals surface area contributed by atoms with Gasteiger partial charge in [0, 0.05) is 0 Å². The van der Waals surface area contributed by atoms with Crippen LogP contribution >= 0.6 is 0 Å². The van der Waals surface area contributed by atoms with Crippen LogP contribution in [0.2, 0.25) is 0 Å². The van der Waals surface area contributed by atoms with Gasteiger partial charge in [0.1, 0.15) is 17.2 Å². The molecule has 28 heavy (non-hydrogen) atoms. The molecule has 0 aromatic heterocycles. The summed E-state index contributed by atoms with van der Waals surface area (Å²) in [6.45, 7) is 0. The number of aromatic hydroxyl groups is 3. The predicted octanol–water partition coefficient (Wildman–Crippen LogP) is 2.18. The maximum Gasteiger partial charge on any atom is 0.192 e. The third kappa shape index (κ3) is 2.75. The van der Waals surface area contributed by atoms with Crippen molar-refractivity contribution in [1.29, 1.82) is 0 Å². The van der Waals surface area contributed by atoms with Gasteiger partial charge >= 0.3 is 0 Å². The fraction of sp³-hybridized carbons (Fsp3) is 0. The molecule has 0 aliphatic rings. The molecule has 3 nitrogen and oxygen atoms in total. The van der Waals surface area contributed by atoms with Crippen molar-refractivity contribution in [2.24, 2.45) is 0 Å². The molecular formula is C24H20O3Si. The normalized spacial score (nSPS) is 11.3. The summed E-state index contributed by atoms with van der Waals surface area (Å²) in [6.07, 6.45) is 0. The molecule has 0 unspecified atom stereocenters. The van der Waals surface area contributed by atoms with Gasteiger partial charge in [-0.25, -0.2) is 0 Å². The van der Waals surface area contributed by atoms with Gasteiger partial charge in [-0.1, -0.05) is 84.9 Å². The Morgan fingerprint density at radius 3 is 1.07 bits per heavy atom. The van der Waals surface area contributed by atoms with Crippen LogP contribution in [0.5, 0.6) is 17.2 Å². The summed E-state index contributed by atoms with van der Waals surface area (Å²) in [7, 11) is -3.18. The smallest absolute Gasteiger partial charge is 0.192 e. The van der Waals surface area contributed by atoms with Crippen LogP contribution in [0.1, 0.15) is 0 Å². The van der Waals surface area contributed by atoms with E-state index >= 15 is 0 Å². The molecule has 4 aromatic rings. The lowest BCUT2D eigenvalue weighted by molar-refractivity contribution is 0.477. The first kappa shape index (κ1) is 17.9. The van der Waals surface area contributed by atoms with Crippen LogP contribution in [0, 0.1) is 0 Å². The SMILES string of the molecule is Oc1ccccc1[Si](c1ccccc1)(c1ccccc1O)c1ccccc1O. The van der Waals surface area contributed by atoms with E-state index in [1.54, 1.807) is 36.4 Å². The second-order valence-electron chi connectivity index (χ2n) is 6.67. The Balaban J connectivity index is 2.24. The van der Waals surface area contributed by atoms with Gasteiger partial charge in [-0.2, -0.15) is 0 Å². The Kier molecular flexibility index (Phi) is 4.63. The molecule has 3 N–H and O–H groups in total. The van der Waals surface area contributed by atoms with Gasteiger partial charge in [-0.15, -0.1) is 0 Å². The van der Waals surface area contributed by atoms with Crippen molar-refractivity contribution in [3.05, 3.63) is 103 Å². The van der Waals surface area contributed by atoms with Crippen LogP contribution in [-0.2, 0) is 0 Å². The average Bonchev–Trinajstić information content (AvgIpc) is 2.73. The maximum atomic E-state index is 10.9. The highest BCUT2D eigenvalue weighted by molar-refractivity contribution is 7.20. The van der Waals surface area contributed by atoms with Gasteiger partial charge in [0.05, 0.1) is 0 Å². The molecule has 0 fully saturated rings. The van der Waals surface area contributed by atoms with Gasteiger partial charge in [0.2, 0.25) is 0 Å². The Morgan fingerprint density at radius 2 is 0.714 bits per heavy atom. The van der Waals surface area contributed by atoms with Gasteiger partial charge in [-0.3, -0.25) is 0 Å². The van der Waals surface area contributed by atoms with E-state index in [2.05, 4.69) is 0 Å². The fourth-order valence-corrected chi connectivity index (χ4v) is 8.90. The monoisotopic (exact) mass is 384 g/mol. The summed E-state index contributed by atoms with van der Waals surface area (Å²) in [5.41, 5.74) is 0. The van der Waals surface area contributed by atoms with Crippen LogP contribution in [0.25, 0.3) is 0 Å². The molecule has 0 saturated heterocycles. The van der Waals surface area contributed by atoms with Crippen molar-refractivity contribution in [2.45, 2.75) is 0 Å². The summed E-state index contributed by atoms with van der Waals surface area (Å²) >= 11 is 0. The minimum Gasteiger partial charge on any atom is -0.508 e. The molecule has 0 heterocycles. The van der Waals surface area contributed by atoms with Crippen molar-refractivity contribution in [3.63, 3.8) is 0 Å². The highest BCUT2D eigenvalue weighted by Gasteiger charge is 2.46. The van der Waals surface area contributed by atoms with Gasteiger partial charge in [-0.05, 0) is 38.9 Å². The van der Waals surface area contributed by atoms with E-state index in [1.165, 1.54) is 0 Å². The maximum absolute atomic E-state index is 10.9. The first-order chi connectivity index (χ1) is 13.7. The summed E-state index contributed by atoms with van der Waals surface area (Å²) in [4.78, 5) is 0. The van der Waals surface area contributed by atoms with E-state index in [0.29, 0.717) is 15.6 Å². The number of para-hydroxylation sites is 3. The van der Waals surface area contributed by atoms with E-state index in [9.17, 15) is 15.3 Å². The number of benzene rings is 4. The zero-order chi connectivity index (χ0) is 19.6. The molecule has 4 heteroatoms. The number of hydrogen-bond donors (Lipinski definition) is 3. The third-order valence-corrected chi connectivity index (χ3v) is 10.0. The lowest BCUT2D eigenvalue weighted by atomic mass is 10.3. The van der Waals surface area contributed by atoms with Crippen LogP contribution in [0.3, 0.4) is 0 Å². The molecule has 0 aliphatic carbocycles. The molecule has 0 aliphatic heterocycles. The molecule has 0 atom stereocenters. The minimum atomic E-state index is -3.18. The average molecular weight is 385 g/mol. The molecule has 0 bridgehead atoms. The number of hydrogen-bond acceptors (Lipinski definition) is 3. The van der Waals surface area contributed by atoms with Gasteiger partial charge in [0.15, 0.2) is 8.07 Å². The largest absolute Gasteiger partial charge is 0.508 e. The van der Waals surface area contributed by atoms with Crippen LogP contribution < -0.4 is 20.7 Å². The molecule has 138 valence electrons. The lowest BCUT2D eigenvalue weighted by Gasteiger charge is -2.35. The number of phenols is 3. The van der Waals surface area contributed by atoms with Crippen molar-refractivity contribution in [1.82, 2.24) is 0 Å². The van der Waals surface area contributed by atoms with Crippen LogP contribution in [-0.4, -0.2) is 23.4 Å². The topological polar surface area (TPSA) is 60.7 Å². The summed E-state index contributed by atoms with van der Waals surface area (Å²) < 4.78 is 0. The first-order valence-corrected chi connectivity index (χ1v) is 11.1. The Labute approximate surface area is 164 Å². The molecule has 0 spiro atoms. The van der Waals surface area contributed by atoms with E-state index in [0.717, 1.165) is 5.19 Å². The van der Waals surface area contributed by atoms with E-state index < -0.39 is 8.07 Å². The summed E-state index contributed by atoms with van der Waals surface area (Å²) in [5, 5.41) is 35.7. The van der Waals surface area contributed by atoms with Crippen LogP contribution in [0.15, 0.2) is 103 Å². The summed E-state index contributed by atoms with van der Waals surface area (Å²) in [6, 6.07) is 31.4. The molecular weight excluding hydrogens is 364 g/mol. The minimum absolute atomic E-state index is 0.143. The van der Waals surface area contributed by atoms with Gasteiger partial charge < -0.3 is 15.3 Å². The van der Waals surface area contributed by atoms with Crippen molar-refractivity contribution >= 4 is 28.8 Å². The zero-order valence-corrected chi connectivity index (χ0v) is 16.2. The molecule has 0 radical (unpaired) electrons. The zero-order valence-electron chi connectivity index (χ0n) is 15.2. The highest BCUT2D eigenvalue weighted by Crippen LogP contribution is 2.22.